The maximum Gasteiger partial charge on any atom is 0.264 e. The second-order valence-electron chi connectivity index (χ2n) is 4.42. The number of benzene rings is 1. The first-order chi connectivity index (χ1) is 8.95. The molecule has 0 spiro atoms. The zero-order chi connectivity index (χ0) is 13.6. The molecule has 2 aromatic rings. The average Bonchev–Trinajstić information content (AvgIpc) is 3.05. The molecule has 1 fully saturated rings. The Morgan fingerprint density at radius 1 is 1.37 bits per heavy atom. The third-order valence-electron chi connectivity index (χ3n) is 2.93. The number of hydrogen-bond acceptors (Lipinski definition) is 4. The van der Waals surface area contributed by atoms with Crippen LogP contribution in [0.3, 0.4) is 0 Å². The summed E-state index contributed by atoms with van der Waals surface area (Å²) in [5.41, 5.74) is 0.431. The van der Waals surface area contributed by atoms with Crippen molar-refractivity contribution < 1.29 is 17.2 Å². The van der Waals surface area contributed by atoms with Gasteiger partial charge in [-0.25, -0.2) is 17.8 Å². The molecule has 0 amide bonds. The minimum Gasteiger partial charge on any atom is -0.440 e. The zero-order valence-electron chi connectivity index (χ0n) is 9.64. The van der Waals surface area contributed by atoms with Crippen LogP contribution in [0.25, 0.3) is 11.3 Å². The average molecular weight is 302 g/mol. The summed E-state index contributed by atoms with van der Waals surface area (Å²) in [4.78, 5) is 3.58. The fraction of sp³-hybridized carbons (Fsp3) is 0.250. The Bertz CT molecular complexity index is 737. The maximum absolute atomic E-state index is 13.7. The van der Waals surface area contributed by atoms with Gasteiger partial charge in [-0.15, -0.1) is 0 Å². The van der Waals surface area contributed by atoms with Gasteiger partial charge >= 0.3 is 0 Å². The van der Waals surface area contributed by atoms with Gasteiger partial charge in [-0.3, -0.25) is 0 Å². The molecule has 1 heterocycles. The predicted molar refractivity (Wildman–Crippen MR) is 66.9 cm³/mol. The molecule has 1 aliphatic carbocycles. The largest absolute Gasteiger partial charge is 0.440 e. The summed E-state index contributed by atoms with van der Waals surface area (Å²) in [5.74, 6) is 0.515. The molecule has 3 rings (SSSR count). The minimum atomic E-state index is -4.08. The lowest BCUT2D eigenvalue weighted by Gasteiger charge is -2.01. The monoisotopic (exact) mass is 301 g/mol. The molecule has 4 nitrogen and oxygen atoms in total. The van der Waals surface area contributed by atoms with E-state index in [2.05, 4.69) is 4.98 Å². The quantitative estimate of drug-likeness (QED) is 0.816. The maximum atomic E-state index is 13.7. The molecule has 100 valence electrons. The van der Waals surface area contributed by atoms with E-state index in [4.69, 9.17) is 15.1 Å². The van der Waals surface area contributed by atoms with E-state index in [0.29, 0.717) is 23.1 Å². The van der Waals surface area contributed by atoms with Crippen molar-refractivity contribution in [2.45, 2.75) is 23.7 Å². The van der Waals surface area contributed by atoms with Crippen LogP contribution in [0.2, 0.25) is 0 Å². The highest BCUT2D eigenvalue weighted by molar-refractivity contribution is 8.13. The van der Waals surface area contributed by atoms with E-state index in [1.54, 1.807) is 0 Å². The zero-order valence-corrected chi connectivity index (χ0v) is 11.2. The molecule has 19 heavy (non-hydrogen) atoms. The topological polar surface area (TPSA) is 60.2 Å². The smallest absolute Gasteiger partial charge is 0.264 e. The molecule has 1 aromatic carbocycles. The van der Waals surface area contributed by atoms with Crippen LogP contribution in [-0.2, 0) is 9.05 Å². The fourth-order valence-corrected chi connectivity index (χ4v) is 2.69. The number of nitrogens with zero attached hydrogens (tertiary/aromatic N) is 1. The lowest BCUT2D eigenvalue weighted by molar-refractivity contribution is 0.508. The van der Waals surface area contributed by atoms with Gasteiger partial charge in [0.05, 0.1) is 6.20 Å². The van der Waals surface area contributed by atoms with Crippen LogP contribution in [0.5, 0.6) is 0 Å². The molecule has 1 saturated carbocycles. The number of oxazole rings is 1. The molecule has 1 aromatic heterocycles. The predicted octanol–water partition coefficient (Wildman–Crippen LogP) is 3.29. The van der Waals surface area contributed by atoms with Gasteiger partial charge in [-0.2, -0.15) is 0 Å². The van der Waals surface area contributed by atoms with E-state index in [-0.39, 0.29) is 0 Å². The molecule has 0 atom stereocenters. The van der Waals surface area contributed by atoms with E-state index in [9.17, 15) is 12.8 Å². The number of aromatic nitrogens is 1. The van der Waals surface area contributed by atoms with Crippen molar-refractivity contribution >= 4 is 19.7 Å². The van der Waals surface area contributed by atoms with Crippen LogP contribution in [0, 0.1) is 5.82 Å². The van der Waals surface area contributed by atoms with Gasteiger partial charge in [0.25, 0.3) is 9.05 Å². The second-order valence-corrected chi connectivity index (χ2v) is 6.95. The highest BCUT2D eigenvalue weighted by Gasteiger charge is 2.28. The summed E-state index contributed by atoms with van der Waals surface area (Å²) >= 11 is 0. The molecule has 1 aliphatic rings. The molecule has 7 heteroatoms. The normalized spacial score (nSPS) is 15.7. The van der Waals surface area contributed by atoms with Gasteiger partial charge in [-0.05, 0) is 31.0 Å². The summed E-state index contributed by atoms with van der Waals surface area (Å²) in [5, 5.41) is 0. The van der Waals surface area contributed by atoms with Crippen molar-refractivity contribution in [3.8, 4) is 11.3 Å². The van der Waals surface area contributed by atoms with Crippen LogP contribution in [0.4, 0.5) is 4.39 Å². The van der Waals surface area contributed by atoms with E-state index >= 15 is 0 Å². The standard InChI is InChI=1S/C12H9ClFNO3S/c13-19(16,17)11-4-3-8(5-9(11)14)10-6-15-12(18-10)7-1-2-7/h3-7H,1-2H2. The number of hydrogen-bond donors (Lipinski definition) is 0. The van der Waals surface area contributed by atoms with E-state index in [1.807, 2.05) is 0 Å². The summed E-state index contributed by atoms with van der Waals surface area (Å²) < 4.78 is 41.4. The Morgan fingerprint density at radius 2 is 2.11 bits per heavy atom. The van der Waals surface area contributed by atoms with E-state index in [0.717, 1.165) is 25.0 Å². The second kappa shape index (κ2) is 4.31. The Kier molecular flexibility index (Phi) is 2.87. The lowest BCUT2D eigenvalue weighted by Crippen LogP contribution is -1.95. The molecular formula is C12H9ClFNO3S. The Balaban J connectivity index is 1.99. The van der Waals surface area contributed by atoms with Crippen molar-refractivity contribution in [2.24, 2.45) is 0 Å². The van der Waals surface area contributed by atoms with E-state index in [1.165, 1.54) is 12.3 Å². The third-order valence-corrected chi connectivity index (χ3v) is 4.28. The van der Waals surface area contributed by atoms with Crippen LogP contribution in [0.15, 0.2) is 33.7 Å². The molecular weight excluding hydrogens is 293 g/mol. The van der Waals surface area contributed by atoms with Crippen molar-refractivity contribution in [3.63, 3.8) is 0 Å². The van der Waals surface area contributed by atoms with Crippen LogP contribution < -0.4 is 0 Å². The Labute approximate surface area is 113 Å². The Hall–Kier alpha value is -1.40. The molecule has 0 saturated heterocycles. The third kappa shape index (κ3) is 2.50. The number of rotatable bonds is 3. The van der Waals surface area contributed by atoms with Gasteiger partial charge in [-0.1, -0.05) is 0 Å². The molecule has 0 unspecified atom stereocenters. The first-order valence-corrected chi connectivity index (χ1v) is 7.96. The highest BCUT2D eigenvalue weighted by Crippen LogP contribution is 2.40. The molecule has 0 radical (unpaired) electrons. The van der Waals surface area contributed by atoms with E-state index < -0.39 is 19.8 Å². The van der Waals surface area contributed by atoms with Gasteiger partial charge in [0, 0.05) is 22.2 Å². The summed E-state index contributed by atoms with van der Waals surface area (Å²) in [7, 11) is 1.03. The molecule has 0 N–H and O–H groups in total. The molecule has 0 aliphatic heterocycles. The van der Waals surface area contributed by atoms with Gasteiger partial charge < -0.3 is 4.42 Å². The van der Waals surface area contributed by atoms with Crippen LogP contribution in [0.1, 0.15) is 24.7 Å². The van der Waals surface area contributed by atoms with Crippen molar-refractivity contribution in [1.29, 1.82) is 0 Å². The van der Waals surface area contributed by atoms with Crippen molar-refractivity contribution in [3.05, 3.63) is 36.1 Å². The SMILES string of the molecule is O=S(=O)(Cl)c1ccc(-c2cnc(C3CC3)o2)cc1F. The van der Waals surface area contributed by atoms with Crippen LogP contribution >= 0.6 is 10.7 Å². The Morgan fingerprint density at radius 3 is 2.68 bits per heavy atom. The summed E-state index contributed by atoms with van der Waals surface area (Å²) in [6.07, 6.45) is 3.62. The van der Waals surface area contributed by atoms with Gasteiger partial charge in [0.15, 0.2) is 11.7 Å². The van der Waals surface area contributed by atoms with Gasteiger partial charge in [0.1, 0.15) is 10.7 Å². The summed E-state index contributed by atoms with van der Waals surface area (Å²) in [6.45, 7) is 0. The first-order valence-electron chi connectivity index (χ1n) is 5.65. The van der Waals surface area contributed by atoms with Crippen molar-refractivity contribution in [2.75, 3.05) is 0 Å². The first kappa shape index (κ1) is 12.6. The van der Waals surface area contributed by atoms with Gasteiger partial charge in [0.2, 0.25) is 0 Å². The lowest BCUT2D eigenvalue weighted by atomic mass is 10.2. The number of halogens is 2. The van der Waals surface area contributed by atoms with Crippen LogP contribution in [-0.4, -0.2) is 13.4 Å². The minimum absolute atomic E-state index is 0.362. The fourth-order valence-electron chi connectivity index (χ4n) is 1.79. The molecule has 0 bridgehead atoms. The summed E-state index contributed by atoms with van der Waals surface area (Å²) in [6, 6.07) is 3.63. The highest BCUT2D eigenvalue weighted by atomic mass is 35.7. The van der Waals surface area contributed by atoms with Crippen molar-refractivity contribution in [1.82, 2.24) is 4.98 Å².